The molecule has 1 atom stereocenters. The van der Waals surface area contributed by atoms with Gasteiger partial charge in [-0.2, -0.15) is 0 Å². The second-order valence-corrected chi connectivity index (χ2v) is 8.26. The monoisotopic (exact) mass is 468 g/mol. The van der Waals surface area contributed by atoms with E-state index < -0.39 is 29.7 Å². The average Bonchev–Trinajstić information content (AvgIpc) is 3.14. The number of benzene rings is 2. The number of amides is 4. The van der Waals surface area contributed by atoms with Crippen LogP contribution in [0.15, 0.2) is 79.1 Å². The highest BCUT2D eigenvalue weighted by Gasteiger charge is 2.45. The van der Waals surface area contributed by atoms with Crippen molar-refractivity contribution in [3.8, 4) is 0 Å². The molecule has 8 nitrogen and oxygen atoms in total. The third kappa shape index (κ3) is 5.33. The number of aryl methyl sites for hydroxylation is 2. The summed E-state index contributed by atoms with van der Waals surface area (Å²) in [7, 11) is 0. The van der Waals surface area contributed by atoms with Crippen LogP contribution in [-0.4, -0.2) is 39.7 Å². The normalized spacial score (nSPS) is 15.5. The highest BCUT2D eigenvalue weighted by Crippen LogP contribution is 2.27. The number of hydrogen-bond donors (Lipinski definition) is 1. The van der Waals surface area contributed by atoms with Crippen molar-refractivity contribution in [3.05, 3.63) is 101 Å². The fraction of sp³-hybridized carbons (Fsp3) is 0.148. The maximum absolute atomic E-state index is 13.4. The van der Waals surface area contributed by atoms with Crippen LogP contribution in [0, 0.1) is 13.8 Å². The lowest BCUT2D eigenvalue weighted by molar-refractivity contribution is -0.136. The zero-order valence-corrected chi connectivity index (χ0v) is 19.3. The van der Waals surface area contributed by atoms with Gasteiger partial charge in [0.25, 0.3) is 17.7 Å². The SMILES string of the molecule is Cc1cc(C)cc(N2C(=O)CC(N(NC(=O)c3ccncc3)C(=O)C=Cc3ccccc3)C2=O)c1. The van der Waals surface area contributed by atoms with Crippen LogP contribution in [0.1, 0.15) is 33.5 Å². The summed E-state index contributed by atoms with van der Waals surface area (Å²) in [4.78, 5) is 57.3. The van der Waals surface area contributed by atoms with Crippen molar-refractivity contribution in [1.29, 1.82) is 0 Å². The molecular formula is C27H24N4O4. The molecule has 1 aliphatic heterocycles. The van der Waals surface area contributed by atoms with Crippen molar-refractivity contribution in [2.24, 2.45) is 0 Å². The summed E-state index contributed by atoms with van der Waals surface area (Å²) in [6.07, 6.45) is 5.48. The fourth-order valence-corrected chi connectivity index (χ4v) is 3.94. The van der Waals surface area contributed by atoms with E-state index in [9.17, 15) is 19.2 Å². The van der Waals surface area contributed by atoms with Crippen LogP contribution in [0.25, 0.3) is 6.08 Å². The second-order valence-electron chi connectivity index (χ2n) is 8.26. The van der Waals surface area contributed by atoms with Gasteiger partial charge in [-0.25, -0.2) is 9.91 Å². The van der Waals surface area contributed by atoms with Crippen molar-refractivity contribution in [3.63, 3.8) is 0 Å². The summed E-state index contributed by atoms with van der Waals surface area (Å²) in [6, 6.07) is 16.3. The number of carbonyl (C=O) groups excluding carboxylic acids is 4. The van der Waals surface area contributed by atoms with Gasteiger partial charge in [-0.3, -0.25) is 29.6 Å². The molecule has 0 spiro atoms. The molecule has 2 heterocycles. The molecule has 0 aliphatic carbocycles. The Morgan fingerprint density at radius 1 is 1.00 bits per heavy atom. The first-order valence-electron chi connectivity index (χ1n) is 11.1. The first-order chi connectivity index (χ1) is 16.8. The topological polar surface area (TPSA) is 99.7 Å². The zero-order valence-electron chi connectivity index (χ0n) is 19.3. The van der Waals surface area contributed by atoms with Crippen LogP contribution < -0.4 is 10.3 Å². The number of hydrogen-bond acceptors (Lipinski definition) is 5. The van der Waals surface area contributed by atoms with Crippen LogP contribution in [-0.2, 0) is 14.4 Å². The first kappa shape index (κ1) is 23.6. The number of imide groups is 1. The predicted molar refractivity (Wildman–Crippen MR) is 131 cm³/mol. The summed E-state index contributed by atoms with van der Waals surface area (Å²) in [6.45, 7) is 3.75. The maximum atomic E-state index is 13.4. The van der Waals surface area contributed by atoms with E-state index in [0.29, 0.717) is 5.69 Å². The van der Waals surface area contributed by atoms with Crippen LogP contribution in [0.4, 0.5) is 5.69 Å². The molecule has 1 N–H and O–H groups in total. The van der Waals surface area contributed by atoms with Crippen molar-refractivity contribution >= 4 is 35.4 Å². The van der Waals surface area contributed by atoms with Gasteiger partial charge in [-0.05, 0) is 60.9 Å². The number of hydrazine groups is 1. The Labute approximate surface area is 202 Å². The third-order valence-electron chi connectivity index (χ3n) is 5.52. The minimum absolute atomic E-state index is 0.257. The second kappa shape index (κ2) is 10.1. The summed E-state index contributed by atoms with van der Waals surface area (Å²) in [5.74, 6) is -2.27. The lowest BCUT2D eigenvalue weighted by Gasteiger charge is -2.27. The molecule has 8 heteroatoms. The molecule has 3 aromatic rings. The molecular weight excluding hydrogens is 444 g/mol. The summed E-state index contributed by atoms with van der Waals surface area (Å²) in [5.41, 5.74) is 5.78. The Balaban J connectivity index is 1.65. The summed E-state index contributed by atoms with van der Waals surface area (Å²) in [5, 5.41) is 0.936. The molecule has 176 valence electrons. The third-order valence-corrected chi connectivity index (χ3v) is 5.52. The van der Waals surface area contributed by atoms with Gasteiger partial charge < -0.3 is 0 Å². The highest BCUT2D eigenvalue weighted by molar-refractivity contribution is 6.23. The van der Waals surface area contributed by atoms with Crippen molar-refractivity contribution in [1.82, 2.24) is 15.4 Å². The van der Waals surface area contributed by atoms with Gasteiger partial charge in [0.2, 0.25) is 5.91 Å². The minimum Gasteiger partial charge on any atom is -0.274 e. The van der Waals surface area contributed by atoms with Crippen LogP contribution >= 0.6 is 0 Å². The summed E-state index contributed by atoms with van der Waals surface area (Å²) >= 11 is 0. The van der Waals surface area contributed by atoms with E-state index in [4.69, 9.17) is 0 Å². The van der Waals surface area contributed by atoms with Crippen molar-refractivity contribution in [2.45, 2.75) is 26.3 Å². The Morgan fingerprint density at radius 3 is 2.31 bits per heavy atom. The summed E-state index contributed by atoms with van der Waals surface area (Å²) < 4.78 is 0. The van der Waals surface area contributed by atoms with Crippen LogP contribution in [0.2, 0.25) is 0 Å². The Bertz CT molecular complexity index is 1290. The van der Waals surface area contributed by atoms with E-state index in [1.54, 1.807) is 18.2 Å². The number of pyridine rings is 1. The minimum atomic E-state index is -1.19. The molecule has 4 amide bonds. The van der Waals surface area contributed by atoms with Gasteiger partial charge in [-0.15, -0.1) is 0 Å². The van der Waals surface area contributed by atoms with Gasteiger partial charge in [-0.1, -0.05) is 36.4 Å². The van der Waals surface area contributed by atoms with Gasteiger partial charge >= 0.3 is 0 Å². The van der Waals surface area contributed by atoms with Gasteiger partial charge in [0, 0.05) is 24.0 Å². The van der Waals surface area contributed by atoms with Crippen LogP contribution in [0.3, 0.4) is 0 Å². The van der Waals surface area contributed by atoms with Crippen LogP contribution in [0.5, 0.6) is 0 Å². The molecule has 1 fully saturated rings. The molecule has 0 radical (unpaired) electrons. The van der Waals surface area contributed by atoms with E-state index >= 15 is 0 Å². The van der Waals surface area contributed by atoms with Crippen molar-refractivity contribution < 1.29 is 19.2 Å². The van der Waals surface area contributed by atoms with E-state index in [0.717, 1.165) is 26.6 Å². The van der Waals surface area contributed by atoms with Crippen molar-refractivity contribution in [2.75, 3.05) is 4.90 Å². The van der Waals surface area contributed by atoms with Gasteiger partial charge in [0.15, 0.2) is 0 Å². The number of nitrogens with one attached hydrogen (secondary N) is 1. The number of aromatic nitrogens is 1. The molecule has 1 aromatic heterocycles. The standard InChI is InChI=1S/C27H24N4O4/c1-18-14-19(2)16-22(15-18)30-25(33)17-23(27(30)35)31(29-26(34)21-10-12-28-13-11-21)24(32)9-8-20-6-4-3-5-7-20/h3-16,23H,17H2,1-2H3,(H,29,34). The Morgan fingerprint density at radius 2 is 1.66 bits per heavy atom. The molecule has 0 bridgehead atoms. The molecule has 35 heavy (non-hydrogen) atoms. The maximum Gasteiger partial charge on any atom is 0.270 e. The van der Waals surface area contributed by atoms with E-state index in [-0.39, 0.29) is 12.0 Å². The first-order valence-corrected chi connectivity index (χ1v) is 11.1. The smallest absolute Gasteiger partial charge is 0.270 e. The quantitative estimate of drug-likeness (QED) is 0.352. The molecule has 0 saturated carbocycles. The van der Waals surface area contributed by atoms with E-state index in [2.05, 4.69) is 10.4 Å². The number of anilines is 1. The molecule has 1 saturated heterocycles. The average molecular weight is 469 g/mol. The number of carbonyl (C=O) groups is 4. The van der Waals surface area contributed by atoms with Gasteiger partial charge in [0.1, 0.15) is 6.04 Å². The van der Waals surface area contributed by atoms with Gasteiger partial charge in [0.05, 0.1) is 12.1 Å². The number of rotatable bonds is 5. The highest BCUT2D eigenvalue weighted by atomic mass is 16.2. The molecule has 1 unspecified atom stereocenters. The zero-order chi connectivity index (χ0) is 24.9. The fourth-order valence-electron chi connectivity index (χ4n) is 3.94. The Hall–Kier alpha value is -4.59. The molecule has 2 aromatic carbocycles. The Kier molecular flexibility index (Phi) is 6.82. The lowest BCUT2D eigenvalue weighted by Crippen LogP contribution is -2.54. The largest absolute Gasteiger partial charge is 0.274 e. The molecule has 1 aliphatic rings. The van der Waals surface area contributed by atoms with E-state index in [1.807, 2.05) is 50.2 Å². The predicted octanol–water partition coefficient (Wildman–Crippen LogP) is 3.22. The number of nitrogens with zero attached hydrogens (tertiary/aromatic N) is 3. The van der Waals surface area contributed by atoms with E-state index in [1.165, 1.54) is 30.6 Å². The lowest BCUT2D eigenvalue weighted by atomic mass is 10.1. The molecule has 4 rings (SSSR count).